The number of hydrogen-bond donors (Lipinski definition) is 1. The number of benzene rings is 1. The second kappa shape index (κ2) is 7.22. The standard InChI is InChI=1S/C13H19Cl2NO/c1-9(17-3)4-7-13(16-2)10-5-6-11(14)12(15)8-10/h5-6,8-9,13,16H,4,7H2,1-3H3. The lowest BCUT2D eigenvalue weighted by molar-refractivity contribution is 0.106. The Balaban J connectivity index is 2.69. The molecule has 0 saturated carbocycles. The molecule has 96 valence electrons. The van der Waals surface area contributed by atoms with Gasteiger partial charge in [-0.25, -0.2) is 0 Å². The summed E-state index contributed by atoms with van der Waals surface area (Å²) >= 11 is 11.9. The summed E-state index contributed by atoms with van der Waals surface area (Å²) in [6, 6.07) is 6.04. The van der Waals surface area contributed by atoms with Crippen molar-refractivity contribution in [1.29, 1.82) is 0 Å². The summed E-state index contributed by atoms with van der Waals surface area (Å²) in [4.78, 5) is 0. The number of hydrogen-bond acceptors (Lipinski definition) is 2. The van der Waals surface area contributed by atoms with Crippen molar-refractivity contribution in [2.45, 2.75) is 31.9 Å². The molecule has 2 atom stereocenters. The van der Waals surface area contributed by atoms with Crippen molar-refractivity contribution in [3.8, 4) is 0 Å². The van der Waals surface area contributed by atoms with E-state index in [1.54, 1.807) is 7.11 Å². The maximum absolute atomic E-state index is 6.02. The third-order valence-corrected chi connectivity index (χ3v) is 3.70. The smallest absolute Gasteiger partial charge is 0.0595 e. The molecular formula is C13H19Cl2NO. The molecule has 1 rings (SSSR count). The summed E-state index contributed by atoms with van der Waals surface area (Å²) < 4.78 is 5.25. The summed E-state index contributed by atoms with van der Waals surface area (Å²) in [6.07, 6.45) is 2.28. The molecule has 0 saturated heterocycles. The van der Waals surface area contributed by atoms with E-state index < -0.39 is 0 Å². The van der Waals surface area contributed by atoms with Gasteiger partial charge >= 0.3 is 0 Å². The molecule has 0 fully saturated rings. The average Bonchev–Trinajstić information content (AvgIpc) is 2.33. The molecule has 0 aliphatic heterocycles. The van der Waals surface area contributed by atoms with Crippen molar-refractivity contribution >= 4 is 23.2 Å². The van der Waals surface area contributed by atoms with Crippen LogP contribution in [-0.4, -0.2) is 20.3 Å². The van der Waals surface area contributed by atoms with E-state index in [-0.39, 0.29) is 12.1 Å². The van der Waals surface area contributed by atoms with Crippen LogP contribution >= 0.6 is 23.2 Å². The zero-order valence-corrected chi connectivity index (χ0v) is 12.0. The van der Waals surface area contributed by atoms with E-state index in [1.807, 2.05) is 25.2 Å². The van der Waals surface area contributed by atoms with E-state index in [0.29, 0.717) is 10.0 Å². The van der Waals surface area contributed by atoms with Crippen LogP contribution in [0.1, 0.15) is 31.4 Å². The normalized spacial score (nSPS) is 14.6. The highest BCUT2D eigenvalue weighted by Gasteiger charge is 2.12. The Morgan fingerprint density at radius 1 is 1.24 bits per heavy atom. The number of halogens is 2. The molecule has 1 aromatic rings. The van der Waals surface area contributed by atoms with Crippen molar-refractivity contribution in [3.05, 3.63) is 33.8 Å². The van der Waals surface area contributed by atoms with Gasteiger partial charge in [0, 0.05) is 13.2 Å². The largest absolute Gasteiger partial charge is 0.382 e. The quantitative estimate of drug-likeness (QED) is 0.845. The number of nitrogens with one attached hydrogen (secondary N) is 1. The SMILES string of the molecule is CNC(CCC(C)OC)c1ccc(Cl)c(Cl)c1. The van der Waals surface area contributed by atoms with Crippen LogP contribution in [0, 0.1) is 0 Å². The van der Waals surface area contributed by atoms with Crippen LogP contribution in [0.4, 0.5) is 0 Å². The Morgan fingerprint density at radius 3 is 2.47 bits per heavy atom. The van der Waals surface area contributed by atoms with Crippen molar-refractivity contribution < 1.29 is 4.74 Å². The molecule has 4 heteroatoms. The van der Waals surface area contributed by atoms with E-state index in [1.165, 1.54) is 0 Å². The molecule has 1 N–H and O–H groups in total. The van der Waals surface area contributed by atoms with Gasteiger partial charge in [-0.05, 0) is 44.5 Å². The lowest BCUT2D eigenvalue weighted by Crippen LogP contribution is -2.18. The van der Waals surface area contributed by atoms with Gasteiger partial charge in [-0.3, -0.25) is 0 Å². The maximum atomic E-state index is 6.02. The van der Waals surface area contributed by atoms with E-state index in [4.69, 9.17) is 27.9 Å². The van der Waals surface area contributed by atoms with Gasteiger partial charge in [-0.2, -0.15) is 0 Å². The fourth-order valence-corrected chi connectivity index (χ4v) is 2.03. The Hall–Kier alpha value is -0.280. The van der Waals surface area contributed by atoms with E-state index in [2.05, 4.69) is 12.2 Å². The molecule has 0 spiro atoms. The summed E-state index contributed by atoms with van der Waals surface area (Å²) in [5.41, 5.74) is 1.16. The second-order valence-electron chi connectivity index (χ2n) is 4.14. The average molecular weight is 276 g/mol. The molecule has 0 heterocycles. The summed E-state index contributed by atoms with van der Waals surface area (Å²) in [5.74, 6) is 0. The highest BCUT2D eigenvalue weighted by Crippen LogP contribution is 2.27. The third kappa shape index (κ3) is 4.47. The molecule has 0 aromatic heterocycles. The highest BCUT2D eigenvalue weighted by molar-refractivity contribution is 6.42. The Bertz CT molecular complexity index is 357. The fourth-order valence-electron chi connectivity index (χ4n) is 1.73. The minimum Gasteiger partial charge on any atom is -0.382 e. The van der Waals surface area contributed by atoms with Crippen LogP contribution in [0.2, 0.25) is 10.0 Å². The van der Waals surface area contributed by atoms with Crippen LogP contribution < -0.4 is 5.32 Å². The molecular weight excluding hydrogens is 257 g/mol. The Morgan fingerprint density at radius 2 is 1.94 bits per heavy atom. The Labute approximate surface area is 113 Å². The van der Waals surface area contributed by atoms with Gasteiger partial charge in [0.2, 0.25) is 0 Å². The van der Waals surface area contributed by atoms with Gasteiger partial charge in [0.05, 0.1) is 16.1 Å². The molecule has 0 amide bonds. The first-order chi connectivity index (χ1) is 8.08. The zero-order chi connectivity index (χ0) is 12.8. The number of ether oxygens (including phenoxy) is 1. The lowest BCUT2D eigenvalue weighted by atomic mass is 10.0. The van der Waals surface area contributed by atoms with Crippen LogP contribution in [-0.2, 0) is 4.74 Å². The summed E-state index contributed by atoms with van der Waals surface area (Å²) in [6.45, 7) is 2.07. The van der Waals surface area contributed by atoms with Crippen LogP contribution in [0.3, 0.4) is 0 Å². The minimum atomic E-state index is 0.272. The van der Waals surface area contributed by atoms with Crippen molar-refractivity contribution in [2.24, 2.45) is 0 Å². The Kier molecular flexibility index (Phi) is 6.28. The first kappa shape index (κ1) is 14.8. The fraction of sp³-hybridized carbons (Fsp3) is 0.538. The first-order valence-corrected chi connectivity index (χ1v) is 6.49. The number of methoxy groups -OCH3 is 1. The third-order valence-electron chi connectivity index (χ3n) is 2.96. The van der Waals surface area contributed by atoms with Gasteiger partial charge in [0.1, 0.15) is 0 Å². The second-order valence-corrected chi connectivity index (χ2v) is 4.95. The lowest BCUT2D eigenvalue weighted by Gasteiger charge is -2.19. The zero-order valence-electron chi connectivity index (χ0n) is 10.5. The first-order valence-electron chi connectivity index (χ1n) is 5.73. The summed E-state index contributed by atoms with van der Waals surface area (Å²) in [7, 11) is 3.68. The van der Waals surface area contributed by atoms with E-state index >= 15 is 0 Å². The molecule has 0 radical (unpaired) electrons. The molecule has 0 bridgehead atoms. The van der Waals surface area contributed by atoms with E-state index in [0.717, 1.165) is 18.4 Å². The predicted molar refractivity (Wildman–Crippen MR) is 74.0 cm³/mol. The molecule has 0 aliphatic carbocycles. The van der Waals surface area contributed by atoms with Crippen LogP contribution in [0.25, 0.3) is 0 Å². The predicted octanol–water partition coefficient (Wildman–Crippen LogP) is 4.07. The molecule has 1 aromatic carbocycles. The van der Waals surface area contributed by atoms with Gasteiger partial charge in [-0.15, -0.1) is 0 Å². The highest BCUT2D eigenvalue weighted by atomic mass is 35.5. The molecule has 0 aliphatic rings. The number of rotatable bonds is 6. The van der Waals surface area contributed by atoms with Crippen LogP contribution in [0.5, 0.6) is 0 Å². The molecule has 2 unspecified atom stereocenters. The van der Waals surface area contributed by atoms with Gasteiger partial charge in [0.15, 0.2) is 0 Å². The van der Waals surface area contributed by atoms with Crippen molar-refractivity contribution in [1.82, 2.24) is 5.32 Å². The van der Waals surface area contributed by atoms with Crippen molar-refractivity contribution in [2.75, 3.05) is 14.2 Å². The molecule has 17 heavy (non-hydrogen) atoms. The minimum absolute atomic E-state index is 0.272. The maximum Gasteiger partial charge on any atom is 0.0595 e. The van der Waals surface area contributed by atoms with Gasteiger partial charge in [0.25, 0.3) is 0 Å². The summed E-state index contributed by atoms with van der Waals surface area (Å²) in [5, 5.41) is 4.48. The monoisotopic (exact) mass is 275 g/mol. The van der Waals surface area contributed by atoms with Crippen LogP contribution in [0.15, 0.2) is 18.2 Å². The van der Waals surface area contributed by atoms with Crippen molar-refractivity contribution in [3.63, 3.8) is 0 Å². The molecule has 2 nitrogen and oxygen atoms in total. The van der Waals surface area contributed by atoms with E-state index in [9.17, 15) is 0 Å². The van der Waals surface area contributed by atoms with Gasteiger partial charge < -0.3 is 10.1 Å². The topological polar surface area (TPSA) is 21.3 Å². The van der Waals surface area contributed by atoms with Gasteiger partial charge in [-0.1, -0.05) is 29.3 Å².